The average Bonchev–Trinajstić information content (AvgIpc) is 3.48. The van der Waals surface area contributed by atoms with Crippen LogP contribution in [-0.4, -0.2) is 60.5 Å². The van der Waals surface area contributed by atoms with E-state index in [1.54, 1.807) is 14.2 Å². The Labute approximate surface area is 243 Å². The fraction of sp³-hybridized carbons (Fsp3) is 0.500. The molecule has 1 atom stereocenters. The largest absolute Gasteiger partial charge is 0.497 e. The van der Waals surface area contributed by atoms with Crippen LogP contribution in [0, 0.1) is 5.41 Å². The van der Waals surface area contributed by atoms with Gasteiger partial charge in [-0.1, -0.05) is 24.6 Å². The number of hydrogen-bond donors (Lipinski definition) is 3. The number of unbranched alkanes of at least 4 members (excludes halogenated alkanes) is 2. The molecule has 6 rings (SSSR count). The van der Waals surface area contributed by atoms with Gasteiger partial charge in [0.2, 0.25) is 11.8 Å². The lowest BCUT2D eigenvalue weighted by Crippen LogP contribution is -2.57. The van der Waals surface area contributed by atoms with Gasteiger partial charge in [0.15, 0.2) is 0 Å². The summed E-state index contributed by atoms with van der Waals surface area (Å²) in [4.78, 5) is 36.3. The van der Waals surface area contributed by atoms with Gasteiger partial charge in [-0.2, -0.15) is 0 Å². The number of carbonyl (C=O) groups excluding carboxylic acids is 2. The number of ether oxygens (including phenoxy) is 1. The van der Waals surface area contributed by atoms with Crippen LogP contribution in [0.25, 0.3) is 22.0 Å². The van der Waals surface area contributed by atoms with Gasteiger partial charge in [0.1, 0.15) is 15.1 Å². The molecular weight excluding hydrogens is 605 g/mol. The molecule has 0 radical (unpaired) electrons. The van der Waals surface area contributed by atoms with Crippen molar-refractivity contribution in [3.63, 3.8) is 0 Å². The zero-order valence-corrected chi connectivity index (χ0v) is 25.0. The Hall–Kier alpha value is -2.66. The van der Waals surface area contributed by atoms with Crippen LogP contribution in [0.1, 0.15) is 57.2 Å². The monoisotopic (exact) mass is 643 g/mol. The molecule has 2 bridgehead atoms. The van der Waals surface area contributed by atoms with E-state index in [1.165, 1.54) is 0 Å². The zero-order chi connectivity index (χ0) is 27.5. The average molecular weight is 644 g/mol. The molecule has 0 aliphatic carbocycles. The molecule has 0 spiro atoms. The van der Waals surface area contributed by atoms with Crippen molar-refractivity contribution in [3.8, 4) is 17.0 Å². The van der Waals surface area contributed by atoms with Crippen LogP contribution in [0.15, 0.2) is 42.6 Å². The van der Waals surface area contributed by atoms with E-state index in [4.69, 9.17) is 9.72 Å². The minimum Gasteiger partial charge on any atom is -0.497 e. The molecule has 208 valence electrons. The molecule has 1 unspecified atom stereocenters. The van der Waals surface area contributed by atoms with Crippen LogP contribution in [0.5, 0.6) is 5.75 Å². The van der Waals surface area contributed by atoms with Crippen LogP contribution in [0.4, 0.5) is 0 Å². The summed E-state index contributed by atoms with van der Waals surface area (Å²) in [6.07, 6.45) is 8.50. The summed E-state index contributed by atoms with van der Waals surface area (Å²) in [5, 5.41) is 8.38. The number of benzene rings is 2. The highest BCUT2D eigenvalue weighted by Crippen LogP contribution is 2.43. The molecule has 2 amide bonds. The number of halogens is 1. The highest BCUT2D eigenvalue weighted by atomic mass is 127. The summed E-state index contributed by atoms with van der Waals surface area (Å²) in [6.45, 7) is 3.00. The second-order valence-corrected chi connectivity index (χ2v) is 12.8. The van der Waals surface area contributed by atoms with Crippen LogP contribution in [0.2, 0.25) is 0 Å². The molecule has 4 heterocycles. The van der Waals surface area contributed by atoms with Crippen molar-refractivity contribution in [2.75, 3.05) is 33.8 Å². The number of piperidine rings is 3. The maximum atomic E-state index is 13.8. The van der Waals surface area contributed by atoms with Gasteiger partial charge < -0.3 is 25.3 Å². The van der Waals surface area contributed by atoms with Crippen LogP contribution in [-0.2, 0) is 13.1 Å². The molecule has 3 saturated heterocycles. The molecule has 8 nitrogen and oxygen atoms in total. The van der Waals surface area contributed by atoms with Crippen LogP contribution >= 0.6 is 22.6 Å². The first-order chi connectivity index (χ1) is 18.8. The number of nitrogens with zero attached hydrogens (tertiary/aromatic N) is 2. The maximum Gasteiger partial charge on any atom is 0.227 e. The highest BCUT2D eigenvalue weighted by molar-refractivity contribution is 14.1. The van der Waals surface area contributed by atoms with E-state index in [1.807, 2.05) is 18.3 Å². The molecule has 3 N–H and O–H groups in total. The van der Waals surface area contributed by atoms with Gasteiger partial charge in [-0.3, -0.25) is 9.59 Å². The van der Waals surface area contributed by atoms with Gasteiger partial charge in [0, 0.05) is 19.0 Å². The van der Waals surface area contributed by atoms with Gasteiger partial charge >= 0.3 is 0 Å². The topological polar surface area (TPSA) is 99.4 Å². The molecule has 3 aliphatic rings. The lowest BCUT2D eigenvalue weighted by atomic mass is 9.71. The predicted molar refractivity (Wildman–Crippen MR) is 162 cm³/mol. The number of aromatic nitrogens is 2. The molecule has 9 heteroatoms. The number of H-pyrrole nitrogens is 1. The third kappa shape index (κ3) is 6.09. The number of amides is 2. The Morgan fingerprint density at radius 3 is 2.51 bits per heavy atom. The van der Waals surface area contributed by atoms with E-state index in [0.717, 1.165) is 98.2 Å². The minimum atomic E-state index is -0.659. The molecular formula is C30H38IN5O3. The smallest absolute Gasteiger partial charge is 0.227 e. The lowest BCUT2D eigenvalue weighted by molar-refractivity contribution is -0.139. The number of rotatable bonds is 11. The molecule has 3 fully saturated rings. The Kier molecular flexibility index (Phi) is 8.46. The Balaban J connectivity index is 1.36. The first-order valence-electron chi connectivity index (χ1n) is 13.9. The van der Waals surface area contributed by atoms with E-state index >= 15 is 0 Å². The van der Waals surface area contributed by atoms with Crippen molar-refractivity contribution in [2.24, 2.45) is 5.41 Å². The van der Waals surface area contributed by atoms with E-state index in [9.17, 15) is 9.59 Å². The van der Waals surface area contributed by atoms with Gasteiger partial charge in [-0.15, -0.1) is 0 Å². The van der Waals surface area contributed by atoms with Crippen molar-refractivity contribution in [2.45, 2.75) is 54.9 Å². The third-order valence-corrected chi connectivity index (χ3v) is 9.85. The van der Waals surface area contributed by atoms with Crippen molar-refractivity contribution in [3.05, 3.63) is 48.4 Å². The summed E-state index contributed by atoms with van der Waals surface area (Å²) >= 11 is 2.39. The fourth-order valence-electron chi connectivity index (χ4n) is 5.86. The highest BCUT2D eigenvalue weighted by Gasteiger charge is 2.47. The Bertz CT molecular complexity index is 1320. The van der Waals surface area contributed by atoms with E-state index in [-0.39, 0.29) is 17.2 Å². The number of nitrogens with one attached hydrogen (secondary N) is 3. The van der Waals surface area contributed by atoms with Gasteiger partial charge in [-0.05, 0) is 110 Å². The van der Waals surface area contributed by atoms with Gasteiger partial charge in [-0.25, -0.2) is 4.98 Å². The Morgan fingerprint density at radius 1 is 1.08 bits per heavy atom. The normalized spacial score (nSPS) is 21.9. The minimum absolute atomic E-state index is 0.0660. The first-order valence-corrected chi connectivity index (χ1v) is 15.0. The van der Waals surface area contributed by atoms with Gasteiger partial charge in [0.25, 0.3) is 0 Å². The fourth-order valence-corrected chi connectivity index (χ4v) is 6.76. The van der Waals surface area contributed by atoms with E-state index < -0.39 is 3.55 Å². The number of imidazole rings is 1. The summed E-state index contributed by atoms with van der Waals surface area (Å²) in [6, 6.07) is 12.4. The molecule has 39 heavy (non-hydrogen) atoms. The molecule has 0 saturated carbocycles. The van der Waals surface area contributed by atoms with Crippen molar-refractivity contribution >= 4 is 45.2 Å². The molecule has 3 aliphatic heterocycles. The Morgan fingerprint density at radius 2 is 1.79 bits per heavy atom. The lowest BCUT2D eigenvalue weighted by Gasteiger charge is -2.48. The van der Waals surface area contributed by atoms with Crippen molar-refractivity contribution in [1.82, 2.24) is 25.5 Å². The first kappa shape index (κ1) is 27.9. The predicted octanol–water partition coefficient (Wildman–Crippen LogP) is 5.12. The summed E-state index contributed by atoms with van der Waals surface area (Å²) in [7, 11) is 3.35. The van der Waals surface area contributed by atoms with Crippen molar-refractivity contribution in [1.29, 1.82) is 0 Å². The second-order valence-electron chi connectivity index (χ2n) is 10.9. The molecule has 2 aromatic carbocycles. The molecule has 1 aromatic heterocycles. The standard InChI is InChI=1S/C30H38IN5O3/c1-32-26(37)6-4-3-5-11-30(31,35-28(38)29-12-15-36(16-13-29)17-14-29)27-33-20-25(34-27)23-8-7-22-19-24(39-2)10-9-21(22)18-23/h7-10,18-20H,3-6,11-17H2,1-2H3,(H,32,37)(H,33,34)(H,35,38). The number of fused-ring (bicyclic) bond motifs is 4. The van der Waals surface area contributed by atoms with Crippen LogP contribution in [0.3, 0.4) is 0 Å². The van der Waals surface area contributed by atoms with Gasteiger partial charge in [0.05, 0.1) is 24.4 Å². The molecule has 3 aromatic rings. The SMILES string of the molecule is CNC(=O)CCCCCC(I)(NC(=O)C12CCN(CC1)CC2)c1ncc(-c2ccc3cc(OC)ccc3c2)[nH]1. The quantitative estimate of drug-likeness (QED) is 0.117. The van der Waals surface area contributed by atoms with Crippen molar-refractivity contribution < 1.29 is 14.3 Å². The number of methoxy groups -OCH3 is 1. The summed E-state index contributed by atoms with van der Waals surface area (Å²) in [5.41, 5.74) is 1.68. The number of alkyl halides is 1. The van der Waals surface area contributed by atoms with E-state index in [2.05, 4.69) is 67.4 Å². The maximum absolute atomic E-state index is 13.8. The number of aromatic amines is 1. The summed E-state index contributed by atoms with van der Waals surface area (Å²) < 4.78 is 4.70. The third-order valence-electron chi connectivity index (χ3n) is 8.53. The second kappa shape index (κ2) is 11.8. The number of carbonyl (C=O) groups is 2. The van der Waals surface area contributed by atoms with Crippen LogP contribution < -0.4 is 15.4 Å². The van der Waals surface area contributed by atoms with E-state index in [0.29, 0.717) is 6.42 Å². The number of hydrogen-bond acceptors (Lipinski definition) is 5. The summed E-state index contributed by atoms with van der Waals surface area (Å²) in [5.74, 6) is 1.82. The zero-order valence-electron chi connectivity index (χ0n) is 22.8.